The van der Waals surface area contributed by atoms with Crippen molar-refractivity contribution in [2.75, 3.05) is 0 Å². The fraction of sp³-hybridized carbons (Fsp3) is 0. The molecule has 5 nitrogen and oxygen atoms in total. The Morgan fingerprint density at radius 1 is 0.472 bits per heavy atom. The minimum absolute atomic E-state index is 0.620. The van der Waals surface area contributed by atoms with Crippen molar-refractivity contribution in [1.29, 1.82) is 0 Å². The number of nitrogens with zero attached hydrogens (tertiary/aromatic N) is 5. The lowest BCUT2D eigenvalue weighted by Crippen LogP contribution is -2.00. The van der Waals surface area contributed by atoms with E-state index in [1.165, 1.54) is 43.4 Å². The summed E-state index contributed by atoms with van der Waals surface area (Å²) in [6, 6.07) is 36.8. The first-order valence-corrected chi connectivity index (χ1v) is 12.0. The van der Waals surface area contributed by atoms with Gasteiger partial charge in [-0.15, -0.1) is 0 Å². The van der Waals surface area contributed by atoms with Crippen LogP contribution in [0.2, 0.25) is 0 Å². The summed E-state index contributed by atoms with van der Waals surface area (Å²) >= 11 is 0. The summed E-state index contributed by atoms with van der Waals surface area (Å²) in [5.74, 6) is 0.620. The first kappa shape index (κ1) is 19.3. The fourth-order valence-electron chi connectivity index (χ4n) is 5.67. The minimum Gasteiger partial charge on any atom is -0.309 e. The lowest BCUT2D eigenvalue weighted by Gasteiger charge is -2.09. The first-order chi connectivity index (χ1) is 17.9. The highest BCUT2D eigenvalue weighted by molar-refractivity contribution is 6.24. The first-order valence-electron chi connectivity index (χ1n) is 12.0. The number of fused-ring (bicyclic) bond motifs is 8. The number of rotatable bonds is 2. The second-order valence-electron chi connectivity index (χ2n) is 9.03. The van der Waals surface area contributed by atoms with Crippen LogP contribution in [0, 0.1) is 0 Å². The van der Waals surface area contributed by atoms with Crippen molar-refractivity contribution in [2.45, 2.75) is 0 Å². The lowest BCUT2D eigenvalue weighted by atomic mass is 10.0. The molecule has 0 radical (unpaired) electrons. The Labute approximate surface area is 205 Å². The van der Waals surface area contributed by atoms with Gasteiger partial charge in [0.05, 0.1) is 22.1 Å². The van der Waals surface area contributed by atoms with E-state index in [0.29, 0.717) is 5.95 Å². The molecule has 0 unspecified atom stereocenters. The zero-order valence-electron chi connectivity index (χ0n) is 19.2. The number of hydrogen-bond donors (Lipinski definition) is 0. The van der Waals surface area contributed by atoms with Crippen LogP contribution in [-0.4, -0.2) is 24.1 Å². The van der Waals surface area contributed by atoms with Gasteiger partial charge in [-0.05, 0) is 53.2 Å². The molecule has 0 saturated carbocycles. The van der Waals surface area contributed by atoms with E-state index < -0.39 is 0 Å². The zero-order valence-corrected chi connectivity index (χ0v) is 19.2. The van der Waals surface area contributed by atoms with Crippen LogP contribution in [0.15, 0.2) is 116 Å². The second-order valence-corrected chi connectivity index (χ2v) is 9.03. The van der Waals surface area contributed by atoms with E-state index >= 15 is 0 Å². The standard InChI is InChI=1S/C31H19N5/c1-2-8-21(9-3-1)35-27-13-7-5-11-23(27)30-24-17-29-25(16-20(24)14-15-28(30)35)22-10-4-6-12-26(22)36(29)31-33-18-32-19-34-31/h1-19H. The van der Waals surface area contributed by atoms with Crippen molar-refractivity contribution in [3.63, 3.8) is 0 Å². The van der Waals surface area contributed by atoms with Crippen molar-refractivity contribution in [1.82, 2.24) is 24.1 Å². The van der Waals surface area contributed by atoms with Crippen LogP contribution in [0.4, 0.5) is 0 Å². The van der Waals surface area contributed by atoms with Gasteiger partial charge in [-0.3, -0.25) is 4.57 Å². The highest BCUT2D eigenvalue weighted by Gasteiger charge is 2.18. The number of aromatic nitrogens is 5. The summed E-state index contributed by atoms with van der Waals surface area (Å²) in [6.07, 6.45) is 3.10. The van der Waals surface area contributed by atoms with Crippen molar-refractivity contribution < 1.29 is 0 Å². The smallest absolute Gasteiger partial charge is 0.237 e. The Balaban J connectivity index is 1.58. The molecule has 168 valence electrons. The highest BCUT2D eigenvalue weighted by Crippen LogP contribution is 2.40. The molecule has 0 aliphatic carbocycles. The molecule has 0 bridgehead atoms. The Kier molecular flexibility index (Phi) is 3.88. The van der Waals surface area contributed by atoms with E-state index in [4.69, 9.17) is 0 Å². The number of para-hydroxylation sites is 3. The molecule has 0 atom stereocenters. The molecule has 3 aromatic heterocycles. The minimum atomic E-state index is 0.620. The summed E-state index contributed by atoms with van der Waals surface area (Å²) in [6.45, 7) is 0. The highest BCUT2D eigenvalue weighted by atomic mass is 15.2. The van der Waals surface area contributed by atoms with Crippen LogP contribution in [0.25, 0.3) is 66.0 Å². The molecule has 5 aromatic carbocycles. The van der Waals surface area contributed by atoms with Crippen molar-refractivity contribution in [2.24, 2.45) is 0 Å². The van der Waals surface area contributed by atoms with Gasteiger partial charge in [-0.1, -0.05) is 60.7 Å². The van der Waals surface area contributed by atoms with Gasteiger partial charge in [0.15, 0.2) is 0 Å². The van der Waals surface area contributed by atoms with E-state index in [2.05, 4.69) is 127 Å². The van der Waals surface area contributed by atoms with Gasteiger partial charge in [0.2, 0.25) is 5.95 Å². The van der Waals surface area contributed by atoms with E-state index in [1.54, 1.807) is 12.7 Å². The number of benzene rings is 5. The second kappa shape index (κ2) is 7.23. The summed E-state index contributed by atoms with van der Waals surface area (Å²) in [4.78, 5) is 13.0. The Morgan fingerprint density at radius 2 is 1.17 bits per heavy atom. The Hall–Kier alpha value is -5.03. The topological polar surface area (TPSA) is 48.5 Å². The molecule has 8 rings (SSSR count). The van der Waals surface area contributed by atoms with Gasteiger partial charge in [-0.2, -0.15) is 0 Å². The fourth-order valence-corrected chi connectivity index (χ4v) is 5.67. The molecule has 0 N–H and O–H groups in total. The van der Waals surface area contributed by atoms with Gasteiger partial charge in [-0.25, -0.2) is 15.0 Å². The third-order valence-corrected chi connectivity index (χ3v) is 7.14. The molecule has 0 saturated heterocycles. The summed E-state index contributed by atoms with van der Waals surface area (Å²) < 4.78 is 4.50. The monoisotopic (exact) mass is 461 g/mol. The molecule has 36 heavy (non-hydrogen) atoms. The molecule has 3 heterocycles. The third kappa shape index (κ3) is 2.57. The molecule has 0 aliphatic rings. The predicted molar refractivity (Wildman–Crippen MR) is 146 cm³/mol. The molecule has 0 amide bonds. The largest absolute Gasteiger partial charge is 0.309 e. The normalized spacial score (nSPS) is 11.9. The van der Waals surface area contributed by atoms with E-state index in [-0.39, 0.29) is 0 Å². The van der Waals surface area contributed by atoms with Crippen molar-refractivity contribution in [3.8, 4) is 11.6 Å². The number of hydrogen-bond acceptors (Lipinski definition) is 3. The molecule has 0 fully saturated rings. The summed E-state index contributed by atoms with van der Waals surface area (Å²) in [5.41, 5.74) is 5.71. The van der Waals surface area contributed by atoms with Crippen LogP contribution in [0.1, 0.15) is 0 Å². The third-order valence-electron chi connectivity index (χ3n) is 7.14. The van der Waals surface area contributed by atoms with E-state index in [1.807, 2.05) is 0 Å². The van der Waals surface area contributed by atoms with Gasteiger partial charge in [0.1, 0.15) is 12.7 Å². The Morgan fingerprint density at radius 3 is 1.97 bits per heavy atom. The maximum atomic E-state index is 4.49. The van der Waals surface area contributed by atoms with Crippen LogP contribution in [-0.2, 0) is 0 Å². The average Bonchev–Trinajstić information content (AvgIpc) is 3.45. The van der Waals surface area contributed by atoms with Gasteiger partial charge < -0.3 is 4.57 Å². The average molecular weight is 462 g/mol. The van der Waals surface area contributed by atoms with E-state index in [9.17, 15) is 0 Å². The molecule has 0 aliphatic heterocycles. The van der Waals surface area contributed by atoms with Gasteiger partial charge in [0.25, 0.3) is 0 Å². The lowest BCUT2D eigenvalue weighted by molar-refractivity contribution is 0.940. The zero-order chi connectivity index (χ0) is 23.6. The SMILES string of the molecule is c1ccc(-n2c3ccccc3c3c4cc5c(cc4ccc32)c2ccccc2n5-c2ncncn2)cc1. The molecule has 0 spiro atoms. The maximum absolute atomic E-state index is 4.49. The van der Waals surface area contributed by atoms with Crippen LogP contribution < -0.4 is 0 Å². The van der Waals surface area contributed by atoms with E-state index in [0.717, 1.165) is 16.7 Å². The van der Waals surface area contributed by atoms with Gasteiger partial charge >= 0.3 is 0 Å². The molecular formula is C31H19N5. The van der Waals surface area contributed by atoms with Crippen molar-refractivity contribution >= 4 is 54.4 Å². The van der Waals surface area contributed by atoms with Crippen molar-refractivity contribution in [3.05, 3.63) is 116 Å². The van der Waals surface area contributed by atoms with Crippen LogP contribution >= 0.6 is 0 Å². The quantitative estimate of drug-likeness (QED) is 0.273. The Bertz CT molecular complexity index is 2090. The predicted octanol–water partition coefficient (Wildman–Crippen LogP) is 7.22. The van der Waals surface area contributed by atoms with Gasteiger partial charge in [0, 0.05) is 27.2 Å². The molecule has 8 aromatic rings. The molecular weight excluding hydrogens is 442 g/mol. The summed E-state index contributed by atoms with van der Waals surface area (Å²) in [5, 5.41) is 7.28. The van der Waals surface area contributed by atoms with Crippen LogP contribution in [0.3, 0.4) is 0 Å². The van der Waals surface area contributed by atoms with Crippen LogP contribution in [0.5, 0.6) is 0 Å². The maximum Gasteiger partial charge on any atom is 0.237 e. The molecule has 5 heteroatoms. The summed E-state index contributed by atoms with van der Waals surface area (Å²) in [7, 11) is 0.